The average molecular weight is 538 g/mol. The van der Waals surface area contributed by atoms with E-state index in [0.29, 0.717) is 0 Å². The fraction of sp³-hybridized carbons (Fsp3) is 0.200. The van der Waals surface area contributed by atoms with Crippen molar-refractivity contribution in [2.75, 3.05) is 11.9 Å². The Morgan fingerprint density at radius 3 is 2.11 bits per heavy atom. The maximum absolute atomic E-state index is 12.8. The number of carbonyl (C=O) groups is 1. The largest absolute Gasteiger partial charge is 2.00 e. The molecule has 0 bridgehead atoms. The van der Waals surface area contributed by atoms with Gasteiger partial charge in [-0.05, 0) is 11.1 Å². The predicted molar refractivity (Wildman–Crippen MR) is 111 cm³/mol. The first-order valence-electron chi connectivity index (χ1n) is 9.43. The zero-order valence-corrected chi connectivity index (χ0v) is 19.4. The Morgan fingerprint density at radius 2 is 1.46 bits per heavy atom. The predicted octanol–water partition coefficient (Wildman–Crippen LogP) is 5.42. The number of hydrogen-bond donors (Lipinski definition) is 0. The van der Waals surface area contributed by atoms with Crippen molar-refractivity contribution >= 4 is 11.6 Å². The molecule has 2 atom stereocenters. The third-order valence-corrected chi connectivity index (χ3v) is 5.74. The second-order valence-corrected chi connectivity index (χ2v) is 7.34. The zero-order chi connectivity index (χ0) is 19.0. The van der Waals surface area contributed by atoms with E-state index < -0.39 is 0 Å². The van der Waals surface area contributed by atoms with E-state index in [1.54, 1.807) is 4.90 Å². The third kappa shape index (κ3) is 3.54. The van der Waals surface area contributed by atoms with Gasteiger partial charge >= 0.3 is 21.1 Å². The molecule has 0 saturated carbocycles. The van der Waals surface area contributed by atoms with Crippen LogP contribution in [-0.2, 0) is 25.9 Å². The van der Waals surface area contributed by atoms with Crippen molar-refractivity contribution in [1.29, 1.82) is 0 Å². The molecule has 0 aromatic heterocycles. The van der Waals surface area contributed by atoms with Crippen molar-refractivity contribution in [2.45, 2.75) is 19.8 Å². The minimum atomic E-state index is -0.0859. The van der Waals surface area contributed by atoms with Crippen LogP contribution in [-0.4, -0.2) is 13.0 Å². The summed E-state index contributed by atoms with van der Waals surface area (Å²) >= 11 is 0. The molecule has 28 heavy (non-hydrogen) atoms. The summed E-state index contributed by atoms with van der Waals surface area (Å²) in [5, 5.41) is 0. The minimum Gasteiger partial charge on any atom is -0.316 e. The first-order chi connectivity index (χ1) is 13.1. The van der Waals surface area contributed by atoms with Gasteiger partial charge in [-0.25, -0.2) is 0 Å². The van der Waals surface area contributed by atoms with E-state index in [1.165, 1.54) is 28.2 Å². The van der Waals surface area contributed by atoms with Crippen LogP contribution < -0.4 is 4.90 Å². The summed E-state index contributed by atoms with van der Waals surface area (Å²) in [5.41, 5.74) is 5.86. The Kier molecular flexibility index (Phi) is 6.10. The quantitative estimate of drug-likeness (QED) is 0.408. The number of carbonyl (C=O) groups excluding carboxylic acids is 1. The van der Waals surface area contributed by atoms with Gasteiger partial charge in [0.1, 0.15) is 0 Å². The second kappa shape index (κ2) is 8.37. The fourth-order valence-corrected chi connectivity index (χ4v) is 4.16. The molecule has 1 aliphatic rings. The van der Waals surface area contributed by atoms with E-state index in [0.717, 1.165) is 5.69 Å². The Labute approximate surface area is 181 Å². The maximum Gasteiger partial charge on any atom is 2.00 e. The average Bonchev–Trinajstić information content (AvgIpc) is 2.73. The number of hydrogen-bond acceptors (Lipinski definition) is 1. The van der Waals surface area contributed by atoms with Crippen LogP contribution >= 0.6 is 0 Å². The van der Waals surface area contributed by atoms with Crippen LogP contribution in [0.25, 0.3) is 0 Å². The molecule has 0 N–H and O–H groups in total. The zero-order valence-electron chi connectivity index (χ0n) is 16.4. The van der Waals surface area contributed by atoms with Crippen molar-refractivity contribution in [3.63, 3.8) is 0 Å². The van der Waals surface area contributed by atoms with Crippen LogP contribution in [0.5, 0.6) is 0 Å². The van der Waals surface area contributed by atoms with Crippen molar-refractivity contribution in [1.82, 2.24) is 0 Å². The third-order valence-electron chi connectivity index (χ3n) is 5.74. The summed E-state index contributed by atoms with van der Waals surface area (Å²) in [6, 6.07) is 27.3. The van der Waals surface area contributed by atoms with E-state index in [-0.39, 0.29) is 38.8 Å². The monoisotopic (exact) mass is 538 g/mol. The number of amides is 1. The topological polar surface area (TPSA) is 20.3 Å². The van der Waals surface area contributed by atoms with Crippen molar-refractivity contribution in [3.8, 4) is 0 Å². The van der Waals surface area contributed by atoms with Crippen LogP contribution in [0.1, 0.15) is 42.0 Å². The van der Waals surface area contributed by atoms with Crippen LogP contribution in [0.15, 0.2) is 78.9 Å². The fourth-order valence-electron chi connectivity index (χ4n) is 4.16. The molecule has 1 aliphatic heterocycles. The molecular weight excluding hydrogens is 514 g/mol. The van der Waals surface area contributed by atoms with Crippen LogP contribution in [0.2, 0.25) is 0 Å². The van der Waals surface area contributed by atoms with Gasteiger partial charge in [-0.1, -0.05) is 68.4 Å². The van der Waals surface area contributed by atoms with Gasteiger partial charge in [0.05, 0.1) is 0 Å². The molecule has 3 heteroatoms. The molecule has 2 nitrogen and oxygen atoms in total. The van der Waals surface area contributed by atoms with E-state index in [1.807, 2.05) is 26.1 Å². The SMILES string of the molecule is C[C-](c1ccccc1)c1ccc2c(c1)C(c1ccccc1)C(C)C(=O)N2C.[W+2]. The molecule has 0 saturated heterocycles. The molecule has 3 aromatic rings. The van der Waals surface area contributed by atoms with Gasteiger partial charge in [-0.3, -0.25) is 4.79 Å². The Balaban J connectivity index is 0.00000225. The van der Waals surface area contributed by atoms with Crippen LogP contribution in [0.3, 0.4) is 0 Å². The van der Waals surface area contributed by atoms with E-state index in [4.69, 9.17) is 0 Å². The molecule has 1 heterocycles. The van der Waals surface area contributed by atoms with Gasteiger partial charge in [0.25, 0.3) is 0 Å². The summed E-state index contributed by atoms with van der Waals surface area (Å²) < 4.78 is 0. The number of rotatable bonds is 3. The second-order valence-electron chi connectivity index (χ2n) is 7.34. The van der Waals surface area contributed by atoms with Gasteiger partial charge in [0.15, 0.2) is 0 Å². The molecule has 2 unspecified atom stereocenters. The molecule has 140 valence electrons. The summed E-state index contributed by atoms with van der Waals surface area (Å²) in [4.78, 5) is 14.6. The Bertz CT molecular complexity index is 955. The smallest absolute Gasteiger partial charge is 0.316 e. The molecule has 0 fully saturated rings. The first-order valence-corrected chi connectivity index (χ1v) is 9.43. The van der Waals surface area contributed by atoms with E-state index in [9.17, 15) is 4.79 Å². The number of anilines is 1. The van der Waals surface area contributed by atoms with Crippen LogP contribution in [0.4, 0.5) is 5.69 Å². The maximum atomic E-state index is 12.8. The summed E-state index contributed by atoms with van der Waals surface area (Å²) in [7, 11) is 1.88. The van der Waals surface area contributed by atoms with Crippen molar-refractivity contribution in [2.24, 2.45) is 5.92 Å². The molecule has 4 rings (SSSR count). The molecule has 3 aromatic carbocycles. The minimum absolute atomic E-state index is 0. The summed E-state index contributed by atoms with van der Waals surface area (Å²) in [5.74, 6) is 1.41. The molecule has 1 amide bonds. The number of fused-ring (bicyclic) bond motifs is 1. The Hall–Kier alpha value is -2.31. The molecule has 0 aliphatic carbocycles. The van der Waals surface area contributed by atoms with Crippen molar-refractivity contribution < 1.29 is 25.9 Å². The van der Waals surface area contributed by atoms with E-state index in [2.05, 4.69) is 73.7 Å². The Morgan fingerprint density at radius 1 is 0.857 bits per heavy atom. The summed E-state index contributed by atoms with van der Waals surface area (Å²) in [6.07, 6.45) is 0. The van der Waals surface area contributed by atoms with Gasteiger partial charge in [0.2, 0.25) is 5.91 Å². The summed E-state index contributed by atoms with van der Waals surface area (Å²) in [6.45, 7) is 4.20. The van der Waals surface area contributed by atoms with Crippen molar-refractivity contribution in [3.05, 3.63) is 107 Å². The van der Waals surface area contributed by atoms with Gasteiger partial charge in [0, 0.05) is 24.6 Å². The first kappa shape index (κ1) is 20.4. The standard InChI is InChI=1S/C25H24NO.W/c1-17(19-10-6-4-7-11-19)21-14-15-23-22(16-21)24(18(2)25(27)26(23)3)20-12-8-5-9-13-20;/h4-16,18,24H,1-3H3;/q-1;+2. The van der Waals surface area contributed by atoms with Crippen LogP contribution in [0, 0.1) is 11.8 Å². The van der Waals surface area contributed by atoms with E-state index >= 15 is 0 Å². The molecule has 0 spiro atoms. The normalized spacial score (nSPS) is 18.2. The van der Waals surface area contributed by atoms with Gasteiger partial charge in [-0.15, -0.1) is 41.3 Å². The molecule has 0 radical (unpaired) electrons. The number of benzene rings is 3. The van der Waals surface area contributed by atoms with Gasteiger partial charge in [-0.2, -0.15) is 0 Å². The van der Waals surface area contributed by atoms with Gasteiger partial charge < -0.3 is 4.90 Å². The molecular formula is C25H24NOW+. The number of nitrogens with zero attached hydrogens (tertiary/aromatic N) is 1.